The van der Waals surface area contributed by atoms with Crippen LogP contribution in [0.15, 0.2) is 71.6 Å². The Balaban J connectivity index is 1.38. The molecular formula is C34H32F6N2O4S. The highest BCUT2D eigenvalue weighted by atomic mass is 32.2. The van der Waals surface area contributed by atoms with E-state index in [1.54, 1.807) is 12.1 Å². The molecule has 1 heterocycles. The smallest absolute Gasteiger partial charge is 0.350 e. The predicted molar refractivity (Wildman–Crippen MR) is 159 cm³/mol. The van der Waals surface area contributed by atoms with Gasteiger partial charge in [0, 0.05) is 12.5 Å². The lowest BCUT2D eigenvalue weighted by Gasteiger charge is -2.43. The number of piperazine rings is 1. The highest BCUT2D eigenvalue weighted by molar-refractivity contribution is 7.92. The summed E-state index contributed by atoms with van der Waals surface area (Å²) < 4.78 is 111. The number of nitrogens with zero attached hydrogens (tertiary/aromatic N) is 1. The first-order chi connectivity index (χ1) is 22.0. The van der Waals surface area contributed by atoms with Gasteiger partial charge in [-0.15, -0.1) is 0 Å². The molecule has 1 N–H and O–H groups in total. The van der Waals surface area contributed by atoms with Gasteiger partial charge in [-0.3, -0.25) is 9.59 Å². The topological polar surface area (TPSA) is 83.6 Å². The normalized spacial score (nSPS) is 25.8. The molecule has 47 heavy (non-hydrogen) atoms. The van der Waals surface area contributed by atoms with Crippen LogP contribution in [0.5, 0.6) is 0 Å². The summed E-state index contributed by atoms with van der Waals surface area (Å²) >= 11 is 0. The summed E-state index contributed by atoms with van der Waals surface area (Å²) in [7, 11) is -4.40. The lowest BCUT2D eigenvalue weighted by Crippen LogP contribution is -2.58. The zero-order valence-corrected chi connectivity index (χ0v) is 26.1. The molecule has 250 valence electrons. The second-order valence-corrected chi connectivity index (χ2v) is 15.0. The van der Waals surface area contributed by atoms with Crippen LogP contribution in [-0.4, -0.2) is 50.4 Å². The predicted octanol–water partition coefficient (Wildman–Crippen LogP) is 5.92. The van der Waals surface area contributed by atoms with Gasteiger partial charge in [-0.1, -0.05) is 30.3 Å². The molecule has 3 aliphatic rings. The number of carbonyl (C=O) groups is 2. The third-order valence-corrected chi connectivity index (χ3v) is 12.6. The van der Waals surface area contributed by atoms with Crippen LogP contribution in [0.2, 0.25) is 0 Å². The third kappa shape index (κ3) is 5.59. The number of halogens is 6. The van der Waals surface area contributed by atoms with Crippen molar-refractivity contribution in [2.24, 2.45) is 11.8 Å². The molecule has 0 bridgehead atoms. The van der Waals surface area contributed by atoms with E-state index in [4.69, 9.17) is 0 Å². The third-order valence-electron chi connectivity index (χ3n) is 10.0. The quantitative estimate of drug-likeness (QED) is 0.259. The molecule has 1 saturated heterocycles. The summed E-state index contributed by atoms with van der Waals surface area (Å²) in [6.07, 6.45) is -4.75. The Hall–Kier alpha value is -3.87. The van der Waals surface area contributed by atoms with Gasteiger partial charge in [-0.25, -0.2) is 21.6 Å². The van der Waals surface area contributed by atoms with Gasteiger partial charge in [0.15, 0.2) is 9.84 Å². The molecule has 13 heteroatoms. The summed E-state index contributed by atoms with van der Waals surface area (Å²) in [5.74, 6) is -3.67. The number of alkyl halides is 4. The number of hydrogen-bond donors (Lipinski definition) is 1. The maximum atomic E-state index is 15.0. The van der Waals surface area contributed by atoms with Crippen LogP contribution in [0, 0.1) is 23.5 Å². The Morgan fingerprint density at radius 3 is 2.38 bits per heavy atom. The van der Waals surface area contributed by atoms with Crippen LogP contribution in [0.25, 0.3) is 0 Å². The highest BCUT2D eigenvalue weighted by Gasteiger charge is 2.62. The van der Waals surface area contributed by atoms with Crippen molar-refractivity contribution in [3.63, 3.8) is 0 Å². The van der Waals surface area contributed by atoms with E-state index in [0.29, 0.717) is 12.5 Å². The number of rotatable bonds is 6. The SMILES string of the molecule is CC(F)(c1ccc2c(c1)CC[C@H]1[C@H](C(=O)N3CC(=O)N[C@@H](Cc4cccc(F)c4)C3)CC[C@@]21S(=O)(=O)c1ccc(F)cc1)C(F)(F)F. The number of benzene rings is 3. The summed E-state index contributed by atoms with van der Waals surface area (Å²) in [6, 6.07) is 12.8. The van der Waals surface area contributed by atoms with Crippen LogP contribution in [0.4, 0.5) is 26.3 Å². The van der Waals surface area contributed by atoms with Crippen LogP contribution in [0.1, 0.15) is 48.4 Å². The molecule has 1 unspecified atom stereocenters. The molecule has 5 atom stereocenters. The zero-order valence-electron chi connectivity index (χ0n) is 25.3. The molecule has 3 aromatic rings. The van der Waals surface area contributed by atoms with Gasteiger partial charge in [-0.2, -0.15) is 13.2 Å². The number of fused-ring (bicyclic) bond motifs is 3. The van der Waals surface area contributed by atoms with E-state index in [0.717, 1.165) is 36.4 Å². The summed E-state index contributed by atoms with van der Waals surface area (Å²) in [5, 5.41) is 2.82. The summed E-state index contributed by atoms with van der Waals surface area (Å²) in [6.45, 7) is 0.256. The van der Waals surface area contributed by atoms with Gasteiger partial charge in [0.25, 0.3) is 0 Å². The van der Waals surface area contributed by atoms with Crippen LogP contribution in [-0.2, 0) is 42.7 Å². The van der Waals surface area contributed by atoms with Gasteiger partial charge in [0.05, 0.1) is 17.5 Å². The molecule has 0 radical (unpaired) electrons. The minimum absolute atomic E-state index is 0.0704. The molecule has 1 aliphatic heterocycles. The van der Waals surface area contributed by atoms with E-state index in [1.807, 2.05) is 0 Å². The van der Waals surface area contributed by atoms with Crippen LogP contribution < -0.4 is 5.32 Å². The molecule has 1 saturated carbocycles. The molecule has 6 rings (SSSR count). The monoisotopic (exact) mass is 678 g/mol. The fourth-order valence-corrected chi connectivity index (χ4v) is 10.2. The van der Waals surface area contributed by atoms with Crippen molar-refractivity contribution in [1.82, 2.24) is 10.2 Å². The average Bonchev–Trinajstić information content (AvgIpc) is 3.41. The maximum Gasteiger partial charge on any atom is 0.426 e. The fraction of sp³-hybridized carbons (Fsp3) is 0.412. The van der Waals surface area contributed by atoms with E-state index >= 15 is 4.39 Å². The second-order valence-electron chi connectivity index (χ2n) is 12.8. The molecule has 2 aliphatic carbocycles. The maximum absolute atomic E-state index is 15.0. The largest absolute Gasteiger partial charge is 0.426 e. The Morgan fingerprint density at radius 2 is 1.70 bits per heavy atom. The van der Waals surface area contributed by atoms with Crippen molar-refractivity contribution in [1.29, 1.82) is 0 Å². The minimum atomic E-state index is -5.21. The van der Waals surface area contributed by atoms with E-state index in [2.05, 4.69) is 5.32 Å². The van der Waals surface area contributed by atoms with Crippen molar-refractivity contribution in [2.45, 2.75) is 66.6 Å². The molecular weight excluding hydrogens is 646 g/mol. The molecule has 2 fully saturated rings. The van der Waals surface area contributed by atoms with E-state index < -0.39 is 73.3 Å². The first-order valence-electron chi connectivity index (χ1n) is 15.3. The van der Waals surface area contributed by atoms with Crippen molar-refractivity contribution in [3.8, 4) is 0 Å². The Morgan fingerprint density at radius 1 is 0.979 bits per heavy atom. The molecule has 3 aromatic carbocycles. The average molecular weight is 679 g/mol. The summed E-state index contributed by atoms with van der Waals surface area (Å²) in [5.41, 5.74) is -3.31. The van der Waals surface area contributed by atoms with Crippen molar-refractivity contribution < 1.29 is 44.3 Å². The lowest BCUT2D eigenvalue weighted by atomic mass is 9.72. The number of nitrogens with one attached hydrogen (secondary N) is 1. The first kappa shape index (κ1) is 33.0. The molecule has 6 nitrogen and oxygen atoms in total. The number of aryl methyl sites for hydroxylation is 1. The van der Waals surface area contributed by atoms with Crippen LogP contribution in [0.3, 0.4) is 0 Å². The second kappa shape index (κ2) is 11.7. The fourth-order valence-electron chi connectivity index (χ4n) is 7.72. The number of hydrogen-bond acceptors (Lipinski definition) is 4. The minimum Gasteiger partial charge on any atom is -0.350 e. The van der Waals surface area contributed by atoms with Crippen molar-refractivity contribution >= 4 is 21.7 Å². The van der Waals surface area contributed by atoms with Gasteiger partial charge < -0.3 is 10.2 Å². The Labute approximate surface area is 268 Å². The van der Waals surface area contributed by atoms with Crippen molar-refractivity contribution in [2.75, 3.05) is 13.1 Å². The first-order valence-corrected chi connectivity index (χ1v) is 16.8. The summed E-state index contributed by atoms with van der Waals surface area (Å²) in [4.78, 5) is 28.1. The number of sulfone groups is 1. The standard InChI is InChI=1S/C34H32F6N2O4S/c1-32(37,34(38,39)40)22-6-12-28-21(17-22)5-11-29-27(13-14-33(28,29)47(45,46)26-9-7-23(35)8-10-26)31(44)42-18-25(41-30(43)19-42)16-20-3-2-4-24(36)15-20/h2-4,6-10,12,15,17,25,27,29H,5,11,13-14,16,18-19H2,1H3,(H,41,43)/t25-,27+,29-,32?,33+/m0/s1. The zero-order chi connectivity index (χ0) is 33.9. The number of amides is 2. The van der Waals surface area contributed by atoms with Gasteiger partial charge in [-0.05, 0) is 104 Å². The molecule has 0 aromatic heterocycles. The van der Waals surface area contributed by atoms with Gasteiger partial charge >= 0.3 is 6.18 Å². The highest BCUT2D eigenvalue weighted by Crippen LogP contribution is 2.60. The van der Waals surface area contributed by atoms with E-state index in [1.165, 1.54) is 23.1 Å². The van der Waals surface area contributed by atoms with Gasteiger partial charge in [0.1, 0.15) is 16.4 Å². The van der Waals surface area contributed by atoms with Crippen molar-refractivity contribution in [3.05, 3.63) is 101 Å². The molecule has 2 amide bonds. The Bertz CT molecular complexity index is 1830. The van der Waals surface area contributed by atoms with E-state index in [9.17, 15) is 40.0 Å². The van der Waals surface area contributed by atoms with E-state index in [-0.39, 0.29) is 61.2 Å². The Kier molecular flexibility index (Phi) is 8.21. The van der Waals surface area contributed by atoms with Gasteiger partial charge in [0.2, 0.25) is 17.5 Å². The van der Waals surface area contributed by atoms with Crippen LogP contribution >= 0.6 is 0 Å². The molecule has 0 spiro atoms. The lowest BCUT2D eigenvalue weighted by molar-refractivity contribution is -0.228. The number of carbonyl (C=O) groups excluding carboxylic acids is 2.